The zero-order valence-electron chi connectivity index (χ0n) is 13.4. The Morgan fingerprint density at radius 3 is 2.95 bits per heavy atom. The van der Waals surface area contributed by atoms with Gasteiger partial charge in [-0.15, -0.1) is 0 Å². The van der Waals surface area contributed by atoms with E-state index < -0.39 is 0 Å². The molecule has 1 heterocycles. The quantitative estimate of drug-likeness (QED) is 0.867. The van der Waals surface area contributed by atoms with E-state index >= 15 is 0 Å². The van der Waals surface area contributed by atoms with Crippen LogP contribution in [-0.4, -0.2) is 32.3 Å². The van der Waals surface area contributed by atoms with Crippen LogP contribution in [0.4, 0.5) is 5.69 Å². The molecule has 21 heavy (non-hydrogen) atoms. The van der Waals surface area contributed by atoms with Gasteiger partial charge >= 0.3 is 0 Å². The van der Waals surface area contributed by atoms with Crippen molar-refractivity contribution in [3.8, 4) is 0 Å². The van der Waals surface area contributed by atoms with Crippen LogP contribution in [0.2, 0.25) is 5.02 Å². The molecule has 0 amide bonds. The first kappa shape index (κ1) is 16.6. The Hall–Kier alpha value is -0.770. The van der Waals surface area contributed by atoms with Gasteiger partial charge in [-0.3, -0.25) is 0 Å². The van der Waals surface area contributed by atoms with E-state index in [9.17, 15) is 0 Å². The van der Waals surface area contributed by atoms with Gasteiger partial charge in [0.2, 0.25) is 0 Å². The van der Waals surface area contributed by atoms with Gasteiger partial charge in [0.25, 0.3) is 0 Å². The minimum absolute atomic E-state index is 0.328. The van der Waals surface area contributed by atoms with Crippen molar-refractivity contribution in [3.63, 3.8) is 0 Å². The van der Waals surface area contributed by atoms with Crippen LogP contribution in [0.3, 0.4) is 0 Å². The van der Waals surface area contributed by atoms with E-state index in [4.69, 9.17) is 16.3 Å². The summed E-state index contributed by atoms with van der Waals surface area (Å²) in [5.41, 5.74) is 2.57. The van der Waals surface area contributed by atoms with Crippen molar-refractivity contribution < 1.29 is 4.74 Å². The summed E-state index contributed by atoms with van der Waals surface area (Å²) >= 11 is 6.21. The number of ether oxygens (including phenoxy) is 1. The molecule has 0 aromatic heterocycles. The Balaban J connectivity index is 2.10. The molecule has 0 saturated carbocycles. The normalized spacial score (nSPS) is 19.3. The number of rotatable bonds is 6. The minimum atomic E-state index is 0.328. The predicted octanol–water partition coefficient (Wildman–Crippen LogP) is 3.70. The number of benzene rings is 1. The molecule has 1 aliphatic heterocycles. The second-order valence-corrected chi connectivity index (χ2v) is 6.58. The topological polar surface area (TPSA) is 24.5 Å². The van der Waals surface area contributed by atoms with Crippen molar-refractivity contribution in [2.45, 2.75) is 39.8 Å². The van der Waals surface area contributed by atoms with E-state index in [1.165, 1.54) is 11.3 Å². The number of nitrogens with zero attached hydrogens (tertiary/aromatic N) is 1. The molecule has 1 aromatic carbocycles. The van der Waals surface area contributed by atoms with Gasteiger partial charge in [-0.2, -0.15) is 0 Å². The maximum absolute atomic E-state index is 6.21. The average molecular weight is 311 g/mol. The number of hydrogen-bond acceptors (Lipinski definition) is 3. The standard InChI is InChI=1S/C17H27ClN2O/c1-4-16-12-20(7-8-21-16)17-9-15(18)6-5-14(17)11-19-10-13(2)3/h5-6,9,13,16,19H,4,7-8,10-12H2,1-3H3. The molecule has 0 spiro atoms. The lowest BCUT2D eigenvalue weighted by Gasteiger charge is -2.35. The van der Waals surface area contributed by atoms with E-state index in [1.54, 1.807) is 0 Å². The molecule has 1 fully saturated rings. The number of hydrogen-bond donors (Lipinski definition) is 1. The first-order chi connectivity index (χ1) is 10.1. The summed E-state index contributed by atoms with van der Waals surface area (Å²) in [6.07, 6.45) is 1.38. The number of anilines is 1. The summed E-state index contributed by atoms with van der Waals surface area (Å²) in [6, 6.07) is 6.21. The highest BCUT2D eigenvalue weighted by Gasteiger charge is 2.21. The summed E-state index contributed by atoms with van der Waals surface area (Å²) in [4.78, 5) is 2.41. The van der Waals surface area contributed by atoms with Gasteiger partial charge in [0.05, 0.1) is 12.7 Å². The van der Waals surface area contributed by atoms with E-state index in [0.29, 0.717) is 12.0 Å². The molecule has 1 saturated heterocycles. The van der Waals surface area contributed by atoms with E-state index in [-0.39, 0.29) is 0 Å². The molecule has 2 rings (SSSR count). The van der Waals surface area contributed by atoms with E-state index in [0.717, 1.165) is 44.2 Å². The van der Waals surface area contributed by atoms with Crippen LogP contribution in [0.5, 0.6) is 0 Å². The highest BCUT2D eigenvalue weighted by Crippen LogP contribution is 2.27. The van der Waals surface area contributed by atoms with Crippen molar-refractivity contribution >= 4 is 17.3 Å². The van der Waals surface area contributed by atoms with E-state index in [1.807, 2.05) is 6.07 Å². The predicted molar refractivity (Wildman–Crippen MR) is 90.2 cm³/mol. The fourth-order valence-electron chi connectivity index (χ4n) is 2.66. The molecular formula is C17H27ClN2O. The third-order valence-electron chi connectivity index (χ3n) is 3.85. The lowest BCUT2D eigenvalue weighted by Crippen LogP contribution is -2.42. The second kappa shape index (κ2) is 8.02. The van der Waals surface area contributed by atoms with Crippen LogP contribution in [0.25, 0.3) is 0 Å². The maximum Gasteiger partial charge on any atom is 0.0748 e. The fraction of sp³-hybridized carbons (Fsp3) is 0.647. The molecule has 0 aliphatic carbocycles. The molecule has 1 aliphatic rings. The molecular weight excluding hydrogens is 284 g/mol. The highest BCUT2D eigenvalue weighted by molar-refractivity contribution is 6.30. The van der Waals surface area contributed by atoms with Crippen LogP contribution >= 0.6 is 11.6 Å². The first-order valence-corrected chi connectivity index (χ1v) is 8.33. The van der Waals surface area contributed by atoms with Crippen molar-refractivity contribution in [2.24, 2.45) is 5.92 Å². The van der Waals surface area contributed by atoms with Crippen molar-refractivity contribution in [1.29, 1.82) is 0 Å². The summed E-state index contributed by atoms with van der Waals surface area (Å²) in [5, 5.41) is 4.33. The average Bonchev–Trinajstić information content (AvgIpc) is 2.48. The lowest BCUT2D eigenvalue weighted by atomic mass is 10.1. The van der Waals surface area contributed by atoms with Gasteiger partial charge in [0, 0.05) is 30.3 Å². The van der Waals surface area contributed by atoms with Crippen molar-refractivity contribution in [1.82, 2.24) is 5.32 Å². The SMILES string of the molecule is CCC1CN(c2cc(Cl)ccc2CNCC(C)C)CCO1. The zero-order valence-corrected chi connectivity index (χ0v) is 14.1. The first-order valence-electron chi connectivity index (χ1n) is 7.95. The van der Waals surface area contributed by atoms with Gasteiger partial charge in [0.1, 0.15) is 0 Å². The fourth-order valence-corrected chi connectivity index (χ4v) is 2.83. The Kier molecular flexibility index (Phi) is 6.34. The van der Waals surface area contributed by atoms with Crippen molar-refractivity contribution in [2.75, 3.05) is 31.1 Å². The maximum atomic E-state index is 6.21. The van der Waals surface area contributed by atoms with Crippen LogP contribution in [0.15, 0.2) is 18.2 Å². The second-order valence-electron chi connectivity index (χ2n) is 6.14. The van der Waals surface area contributed by atoms with Gasteiger partial charge in [-0.1, -0.05) is 38.4 Å². The molecule has 4 heteroatoms. The summed E-state index contributed by atoms with van der Waals surface area (Å²) in [5.74, 6) is 0.661. The van der Waals surface area contributed by atoms with E-state index in [2.05, 4.69) is 43.1 Å². The molecule has 0 radical (unpaired) electrons. The summed E-state index contributed by atoms with van der Waals surface area (Å²) in [6.45, 7) is 11.2. The largest absolute Gasteiger partial charge is 0.375 e. The number of morpholine rings is 1. The molecule has 1 N–H and O–H groups in total. The Morgan fingerprint density at radius 1 is 1.43 bits per heavy atom. The zero-order chi connectivity index (χ0) is 15.2. The molecule has 0 bridgehead atoms. The molecule has 1 aromatic rings. The van der Waals surface area contributed by atoms with Crippen LogP contribution in [0, 0.1) is 5.92 Å². The smallest absolute Gasteiger partial charge is 0.0748 e. The third kappa shape index (κ3) is 4.87. The molecule has 1 atom stereocenters. The van der Waals surface area contributed by atoms with Gasteiger partial charge in [-0.05, 0) is 36.6 Å². The molecule has 3 nitrogen and oxygen atoms in total. The molecule has 118 valence electrons. The highest BCUT2D eigenvalue weighted by atomic mass is 35.5. The Morgan fingerprint density at radius 2 is 2.24 bits per heavy atom. The summed E-state index contributed by atoms with van der Waals surface area (Å²) < 4.78 is 5.77. The summed E-state index contributed by atoms with van der Waals surface area (Å²) in [7, 11) is 0. The lowest BCUT2D eigenvalue weighted by molar-refractivity contribution is 0.0384. The van der Waals surface area contributed by atoms with Gasteiger partial charge < -0.3 is 15.0 Å². The monoisotopic (exact) mass is 310 g/mol. The third-order valence-corrected chi connectivity index (χ3v) is 4.09. The van der Waals surface area contributed by atoms with Crippen LogP contribution in [0.1, 0.15) is 32.8 Å². The number of nitrogens with one attached hydrogen (secondary N) is 1. The number of halogens is 1. The van der Waals surface area contributed by atoms with Gasteiger partial charge in [-0.25, -0.2) is 0 Å². The molecule has 1 unspecified atom stereocenters. The Bertz CT molecular complexity index is 450. The van der Waals surface area contributed by atoms with Crippen LogP contribution in [-0.2, 0) is 11.3 Å². The van der Waals surface area contributed by atoms with Gasteiger partial charge in [0.15, 0.2) is 0 Å². The Labute approximate surface area is 133 Å². The van der Waals surface area contributed by atoms with Crippen LogP contribution < -0.4 is 10.2 Å². The minimum Gasteiger partial charge on any atom is -0.375 e. The van der Waals surface area contributed by atoms with Crippen molar-refractivity contribution in [3.05, 3.63) is 28.8 Å².